The lowest BCUT2D eigenvalue weighted by atomic mass is 10.1. The van der Waals surface area contributed by atoms with Gasteiger partial charge in [-0.2, -0.15) is 0 Å². The third-order valence-corrected chi connectivity index (χ3v) is 2.82. The molecule has 17 heavy (non-hydrogen) atoms. The van der Waals surface area contributed by atoms with Gasteiger partial charge in [-0.15, -0.1) is 0 Å². The van der Waals surface area contributed by atoms with Crippen LogP contribution in [0.3, 0.4) is 0 Å². The summed E-state index contributed by atoms with van der Waals surface area (Å²) in [6, 6.07) is 5.77. The molecule has 0 aliphatic carbocycles. The van der Waals surface area contributed by atoms with Crippen molar-refractivity contribution in [3.63, 3.8) is 0 Å². The van der Waals surface area contributed by atoms with Gasteiger partial charge in [0.2, 0.25) is 11.8 Å². The van der Waals surface area contributed by atoms with E-state index in [4.69, 9.17) is 5.73 Å². The van der Waals surface area contributed by atoms with Gasteiger partial charge in [-0.25, -0.2) is 0 Å². The minimum Gasteiger partial charge on any atom is -0.366 e. The SMILES string of the molecule is CC(=O)N1CCc2cc(C=CC(N)=O)ccc21. The van der Waals surface area contributed by atoms with Crippen LogP contribution in [0.25, 0.3) is 6.08 Å². The fraction of sp³-hybridized carbons (Fsp3) is 0.231. The highest BCUT2D eigenvalue weighted by atomic mass is 16.2. The second kappa shape index (κ2) is 4.41. The molecular formula is C13H14N2O2. The lowest BCUT2D eigenvalue weighted by Gasteiger charge is -2.14. The van der Waals surface area contributed by atoms with Gasteiger partial charge in [0.25, 0.3) is 0 Å². The van der Waals surface area contributed by atoms with Crippen LogP contribution in [0, 0.1) is 0 Å². The zero-order valence-electron chi connectivity index (χ0n) is 9.64. The highest BCUT2D eigenvalue weighted by Gasteiger charge is 2.21. The van der Waals surface area contributed by atoms with Crippen molar-refractivity contribution in [3.8, 4) is 0 Å². The Balaban J connectivity index is 2.28. The van der Waals surface area contributed by atoms with Gasteiger partial charge in [-0.05, 0) is 35.8 Å². The maximum Gasteiger partial charge on any atom is 0.241 e. The Bertz CT molecular complexity index is 506. The van der Waals surface area contributed by atoms with E-state index in [0.717, 1.165) is 29.8 Å². The third kappa shape index (κ3) is 2.36. The van der Waals surface area contributed by atoms with Crippen molar-refractivity contribution in [1.29, 1.82) is 0 Å². The number of fused-ring (bicyclic) bond motifs is 1. The molecule has 0 unspecified atom stereocenters. The molecule has 88 valence electrons. The summed E-state index contributed by atoms with van der Waals surface area (Å²) in [6.45, 7) is 2.30. The molecule has 1 aromatic carbocycles. The van der Waals surface area contributed by atoms with E-state index in [-0.39, 0.29) is 5.91 Å². The lowest BCUT2D eigenvalue weighted by molar-refractivity contribution is -0.116. The minimum atomic E-state index is -0.462. The molecule has 1 aromatic rings. The first kappa shape index (κ1) is 11.4. The van der Waals surface area contributed by atoms with Crippen molar-refractivity contribution in [2.45, 2.75) is 13.3 Å². The van der Waals surface area contributed by atoms with Crippen molar-refractivity contribution in [2.24, 2.45) is 5.73 Å². The van der Waals surface area contributed by atoms with Crippen LogP contribution >= 0.6 is 0 Å². The van der Waals surface area contributed by atoms with Gasteiger partial charge in [-0.3, -0.25) is 9.59 Å². The molecule has 0 atom stereocenters. The quantitative estimate of drug-likeness (QED) is 0.773. The molecule has 4 nitrogen and oxygen atoms in total. The van der Waals surface area contributed by atoms with E-state index >= 15 is 0 Å². The van der Waals surface area contributed by atoms with Crippen LogP contribution in [-0.2, 0) is 16.0 Å². The Hall–Kier alpha value is -2.10. The van der Waals surface area contributed by atoms with Gasteiger partial charge >= 0.3 is 0 Å². The standard InChI is InChI=1S/C13H14N2O2/c1-9(16)15-7-6-11-8-10(2-4-12(11)15)3-5-13(14)17/h2-5,8H,6-7H2,1H3,(H2,14,17). The summed E-state index contributed by atoms with van der Waals surface area (Å²) in [5.41, 5.74) is 8.06. The first-order valence-electron chi connectivity index (χ1n) is 5.46. The summed E-state index contributed by atoms with van der Waals surface area (Å²) in [7, 11) is 0. The molecule has 0 radical (unpaired) electrons. The topological polar surface area (TPSA) is 63.4 Å². The third-order valence-electron chi connectivity index (χ3n) is 2.82. The van der Waals surface area contributed by atoms with Crippen LogP contribution in [0.4, 0.5) is 5.69 Å². The molecule has 0 saturated heterocycles. The molecule has 0 bridgehead atoms. The van der Waals surface area contributed by atoms with Crippen molar-refractivity contribution in [1.82, 2.24) is 0 Å². The highest BCUT2D eigenvalue weighted by molar-refractivity contribution is 5.94. The number of rotatable bonds is 2. The van der Waals surface area contributed by atoms with Crippen molar-refractivity contribution < 1.29 is 9.59 Å². The van der Waals surface area contributed by atoms with Gasteiger partial charge in [0, 0.05) is 25.2 Å². The number of carbonyl (C=O) groups excluding carboxylic acids is 2. The smallest absolute Gasteiger partial charge is 0.241 e. The largest absolute Gasteiger partial charge is 0.366 e. The number of primary amides is 1. The van der Waals surface area contributed by atoms with Crippen LogP contribution in [0.5, 0.6) is 0 Å². The van der Waals surface area contributed by atoms with Crippen molar-refractivity contribution in [2.75, 3.05) is 11.4 Å². The number of hydrogen-bond acceptors (Lipinski definition) is 2. The number of amides is 2. The predicted octanol–water partition coefficient (Wildman–Crippen LogP) is 1.09. The number of carbonyl (C=O) groups is 2. The molecule has 1 aliphatic rings. The molecule has 0 aromatic heterocycles. The number of anilines is 1. The molecule has 0 spiro atoms. The molecule has 1 heterocycles. The van der Waals surface area contributed by atoms with E-state index in [2.05, 4.69) is 0 Å². The number of nitrogens with two attached hydrogens (primary N) is 1. The first-order chi connectivity index (χ1) is 8.08. The second-order valence-corrected chi connectivity index (χ2v) is 4.04. The summed E-state index contributed by atoms with van der Waals surface area (Å²) in [4.78, 5) is 23.8. The molecule has 2 rings (SSSR count). The van der Waals surface area contributed by atoms with Crippen molar-refractivity contribution in [3.05, 3.63) is 35.4 Å². The lowest BCUT2D eigenvalue weighted by Crippen LogP contribution is -2.25. The molecular weight excluding hydrogens is 216 g/mol. The molecule has 0 saturated carbocycles. The van der Waals surface area contributed by atoms with Gasteiger partial charge < -0.3 is 10.6 Å². The maximum atomic E-state index is 11.4. The van der Waals surface area contributed by atoms with Crippen LogP contribution in [0.1, 0.15) is 18.1 Å². The molecule has 4 heteroatoms. The van der Waals surface area contributed by atoms with Crippen LogP contribution in [0.2, 0.25) is 0 Å². The summed E-state index contributed by atoms with van der Waals surface area (Å²) < 4.78 is 0. The highest BCUT2D eigenvalue weighted by Crippen LogP contribution is 2.29. The molecule has 0 fully saturated rings. The van der Waals surface area contributed by atoms with Crippen molar-refractivity contribution >= 4 is 23.6 Å². The Morgan fingerprint density at radius 2 is 2.18 bits per heavy atom. The predicted molar refractivity (Wildman–Crippen MR) is 66.4 cm³/mol. The average molecular weight is 230 g/mol. The molecule has 1 aliphatic heterocycles. The van der Waals surface area contributed by atoms with Crippen LogP contribution in [-0.4, -0.2) is 18.4 Å². The normalized spacial score (nSPS) is 14.1. The maximum absolute atomic E-state index is 11.4. The minimum absolute atomic E-state index is 0.0594. The number of hydrogen-bond donors (Lipinski definition) is 1. The zero-order valence-corrected chi connectivity index (χ0v) is 9.64. The van der Waals surface area contributed by atoms with Crippen LogP contribution < -0.4 is 10.6 Å². The van der Waals surface area contributed by atoms with E-state index in [9.17, 15) is 9.59 Å². The Kier molecular flexibility index (Phi) is 2.95. The average Bonchev–Trinajstić information content (AvgIpc) is 2.69. The Morgan fingerprint density at radius 3 is 2.82 bits per heavy atom. The monoisotopic (exact) mass is 230 g/mol. The summed E-state index contributed by atoms with van der Waals surface area (Å²) >= 11 is 0. The van der Waals surface area contributed by atoms with E-state index in [0.29, 0.717) is 0 Å². The fourth-order valence-electron chi connectivity index (χ4n) is 2.03. The van der Waals surface area contributed by atoms with E-state index in [1.807, 2.05) is 18.2 Å². The zero-order chi connectivity index (χ0) is 12.4. The van der Waals surface area contributed by atoms with Gasteiger partial charge in [0.1, 0.15) is 0 Å². The van der Waals surface area contributed by atoms with Gasteiger partial charge in [-0.1, -0.05) is 6.07 Å². The molecule has 2 N–H and O–H groups in total. The first-order valence-corrected chi connectivity index (χ1v) is 5.46. The van der Waals surface area contributed by atoms with Gasteiger partial charge in [0.05, 0.1) is 0 Å². The van der Waals surface area contributed by atoms with E-state index < -0.39 is 5.91 Å². The van der Waals surface area contributed by atoms with Crippen LogP contribution in [0.15, 0.2) is 24.3 Å². The summed E-state index contributed by atoms with van der Waals surface area (Å²) in [6.07, 6.45) is 3.87. The van der Waals surface area contributed by atoms with Gasteiger partial charge in [0.15, 0.2) is 0 Å². The number of nitrogens with zero attached hydrogens (tertiary/aromatic N) is 1. The summed E-state index contributed by atoms with van der Waals surface area (Å²) in [5.74, 6) is -0.403. The number of benzene rings is 1. The molecule has 2 amide bonds. The summed E-state index contributed by atoms with van der Waals surface area (Å²) in [5, 5.41) is 0. The van der Waals surface area contributed by atoms with E-state index in [1.54, 1.807) is 17.9 Å². The Labute approximate surface area is 99.7 Å². The second-order valence-electron chi connectivity index (χ2n) is 4.04. The fourth-order valence-corrected chi connectivity index (χ4v) is 2.03. The van der Waals surface area contributed by atoms with E-state index in [1.165, 1.54) is 6.08 Å². The Morgan fingerprint density at radius 1 is 1.41 bits per heavy atom.